The van der Waals surface area contributed by atoms with Crippen molar-refractivity contribution in [3.63, 3.8) is 0 Å². The minimum absolute atomic E-state index is 0.0205. The number of rotatable bonds is 7. The van der Waals surface area contributed by atoms with Gasteiger partial charge in [-0.05, 0) is 30.2 Å². The Hall–Kier alpha value is -1.85. The van der Waals surface area contributed by atoms with E-state index >= 15 is 0 Å². The molecule has 0 saturated carbocycles. The fourth-order valence-corrected chi connectivity index (χ4v) is 2.36. The number of carbonyl (C=O) groups excluding carboxylic acids is 1. The summed E-state index contributed by atoms with van der Waals surface area (Å²) in [6, 6.07) is 1.67. The van der Waals surface area contributed by atoms with E-state index in [-0.39, 0.29) is 23.7 Å². The normalized spacial score (nSPS) is 13.0. The molecule has 1 amide bonds. The van der Waals surface area contributed by atoms with Crippen molar-refractivity contribution in [3.8, 4) is 0 Å². The number of nitrogens with one attached hydrogen (secondary N) is 1. The van der Waals surface area contributed by atoms with E-state index in [0.717, 1.165) is 6.42 Å². The molecule has 118 valence electrons. The molecule has 6 nitrogen and oxygen atoms in total. The first-order chi connectivity index (χ1) is 9.71. The smallest absolute Gasteiger partial charge is 0.303 e. The molecule has 21 heavy (non-hydrogen) atoms. The van der Waals surface area contributed by atoms with Crippen molar-refractivity contribution >= 4 is 11.9 Å². The van der Waals surface area contributed by atoms with E-state index in [9.17, 15) is 9.59 Å². The van der Waals surface area contributed by atoms with Crippen molar-refractivity contribution in [1.29, 1.82) is 0 Å². The Balaban J connectivity index is 2.48. The molecule has 2 N–H and O–H groups in total. The highest BCUT2D eigenvalue weighted by Gasteiger charge is 2.25. The minimum atomic E-state index is -0.775. The van der Waals surface area contributed by atoms with Gasteiger partial charge in [0, 0.05) is 26.2 Å². The molecule has 0 aliphatic rings. The second-order valence-corrected chi connectivity index (χ2v) is 6.38. The number of carboxylic acid groups (broad SMARTS) is 1. The average molecular weight is 295 g/mol. The van der Waals surface area contributed by atoms with Crippen LogP contribution in [0.25, 0.3) is 0 Å². The van der Waals surface area contributed by atoms with Gasteiger partial charge in [-0.3, -0.25) is 14.3 Å². The average Bonchev–Trinajstić information content (AvgIpc) is 2.77. The Labute approximate surface area is 125 Å². The Bertz CT molecular complexity index is 489. The first-order valence-electron chi connectivity index (χ1n) is 7.20. The third-order valence-electron chi connectivity index (χ3n) is 3.76. The van der Waals surface area contributed by atoms with E-state index in [4.69, 9.17) is 5.11 Å². The minimum Gasteiger partial charge on any atom is -0.481 e. The van der Waals surface area contributed by atoms with Crippen molar-refractivity contribution in [3.05, 3.63) is 18.0 Å². The zero-order valence-electron chi connectivity index (χ0n) is 13.2. The first-order valence-corrected chi connectivity index (χ1v) is 7.20. The van der Waals surface area contributed by atoms with Gasteiger partial charge in [0.1, 0.15) is 5.69 Å². The van der Waals surface area contributed by atoms with E-state index in [2.05, 4.69) is 31.2 Å². The quantitative estimate of drug-likeness (QED) is 0.806. The summed E-state index contributed by atoms with van der Waals surface area (Å²) < 4.78 is 1.53. The Morgan fingerprint density at radius 2 is 2.05 bits per heavy atom. The van der Waals surface area contributed by atoms with Gasteiger partial charge in [0.15, 0.2) is 0 Å². The number of aliphatic carboxylic acids is 1. The van der Waals surface area contributed by atoms with E-state index in [1.54, 1.807) is 19.3 Å². The lowest BCUT2D eigenvalue weighted by molar-refractivity contribution is -0.137. The fraction of sp³-hybridized carbons (Fsp3) is 0.667. The van der Waals surface area contributed by atoms with E-state index < -0.39 is 5.97 Å². The lowest BCUT2D eigenvalue weighted by atomic mass is 9.76. The van der Waals surface area contributed by atoms with E-state index in [1.165, 1.54) is 4.68 Å². The summed E-state index contributed by atoms with van der Waals surface area (Å²) in [6.45, 7) is 6.83. The van der Waals surface area contributed by atoms with Crippen LogP contribution < -0.4 is 5.32 Å². The van der Waals surface area contributed by atoms with Crippen molar-refractivity contribution in [2.45, 2.75) is 40.0 Å². The van der Waals surface area contributed by atoms with Gasteiger partial charge < -0.3 is 10.4 Å². The molecule has 1 aromatic heterocycles. The third kappa shape index (κ3) is 5.57. The van der Waals surface area contributed by atoms with Crippen molar-refractivity contribution in [2.75, 3.05) is 6.54 Å². The molecule has 0 spiro atoms. The van der Waals surface area contributed by atoms with Crippen LogP contribution in [0, 0.1) is 11.3 Å². The molecule has 0 radical (unpaired) electrons. The number of amides is 1. The van der Waals surface area contributed by atoms with Gasteiger partial charge in [0.2, 0.25) is 0 Å². The van der Waals surface area contributed by atoms with E-state index in [1.807, 2.05) is 0 Å². The van der Waals surface area contributed by atoms with Crippen LogP contribution >= 0.6 is 0 Å². The van der Waals surface area contributed by atoms with Gasteiger partial charge in [-0.15, -0.1) is 0 Å². The molecular weight excluding hydrogens is 270 g/mol. The van der Waals surface area contributed by atoms with Gasteiger partial charge in [-0.1, -0.05) is 20.8 Å². The first kappa shape index (κ1) is 17.2. The Kier molecular flexibility index (Phi) is 5.93. The number of hydrogen-bond acceptors (Lipinski definition) is 3. The van der Waals surface area contributed by atoms with Gasteiger partial charge in [-0.25, -0.2) is 0 Å². The molecule has 0 bridgehead atoms. The van der Waals surface area contributed by atoms with Crippen LogP contribution in [0.3, 0.4) is 0 Å². The third-order valence-corrected chi connectivity index (χ3v) is 3.76. The SMILES string of the molecule is Cn1nccc1C(=O)NCCC(CCC(=O)O)C(C)(C)C. The van der Waals surface area contributed by atoms with Crippen LogP contribution in [0.1, 0.15) is 50.5 Å². The molecule has 0 aromatic carbocycles. The van der Waals surface area contributed by atoms with Crippen LogP contribution in [0.5, 0.6) is 0 Å². The summed E-state index contributed by atoms with van der Waals surface area (Å²) in [5.74, 6) is -0.676. The molecule has 6 heteroatoms. The molecule has 0 aliphatic carbocycles. The van der Waals surface area contributed by atoms with Crippen LogP contribution in [0.15, 0.2) is 12.3 Å². The highest BCUT2D eigenvalue weighted by molar-refractivity contribution is 5.92. The highest BCUT2D eigenvalue weighted by atomic mass is 16.4. The number of carbonyl (C=O) groups is 2. The predicted molar refractivity (Wildman–Crippen MR) is 80.0 cm³/mol. The summed E-state index contributed by atoms with van der Waals surface area (Å²) in [5.41, 5.74) is 0.542. The van der Waals surface area contributed by atoms with Gasteiger partial charge in [0.25, 0.3) is 5.91 Å². The number of carboxylic acids is 1. The van der Waals surface area contributed by atoms with Crippen LogP contribution in [0.2, 0.25) is 0 Å². The molecule has 1 atom stereocenters. The van der Waals surface area contributed by atoms with Gasteiger partial charge in [-0.2, -0.15) is 5.10 Å². The van der Waals surface area contributed by atoms with E-state index in [0.29, 0.717) is 18.7 Å². The number of aromatic nitrogens is 2. The highest BCUT2D eigenvalue weighted by Crippen LogP contribution is 2.32. The molecule has 0 fully saturated rings. The maximum atomic E-state index is 12.0. The number of aryl methyl sites for hydroxylation is 1. The molecule has 0 saturated heterocycles. The fourth-order valence-electron chi connectivity index (χ4n) is 2.36. The van der Waals surface area contributed by atoms with Crippen molar-refractivity contribution in [2.24, 2.45) is 18.4 Å². The van der Waals surface area contributed by atoms with Crippen LogP contribution in [-0.2, 0) is 11.8 Å². The Morgan fingerprint density at radius 3 is 2.52 bits per heavy atom. The molecule has 1 heterocycles. The van der Waals surface area contributed by atoms with Crippen molar-refractivity contribution < 1.29 is 14.7 Å². The molecular formula is C15H25N3O3. The molecule has 0 aliphatic heterocycles. The second kappa shape index (κ2) is 7.24. The van der Waals surface area contributed by atoms with Crippen LogP contribution in [-0.4, -0.2) is 33.3 Å². The molecule has 1 unspecified atom stereocenters. The summed E-state index contributed by atoms with van der Waals surface area (Å²) in [4.78, 5) is 22.7. The van der Waals surface area contributed by atoms with Gasteiger partial charge >= 0.3 is 5.97 Å². The topological polar surface area (TPSA) is 84.2 Å². The van der Waals surface area contributed by atoms with Crippen molar-refractivity contribution in [1.82, 2.24) is 15.1 Å². The Morgan fingerprint density at radius 1 is 1.38 bits per heavy atom. The zero-order valence-corrected chi connectivity index (χ0v) is 13.2. The van der Waals surface area contributed by atoms with Gasteiger partial charge in [0.05, 0.1) is 0 Å². The summed E-state index contributed by atoms with van der Waals surface area (Å²) >= 11 is 0. The zero-order chi connectivity index (χ0) is 16.0. The summed E-state index contributed by atoms with van der Waals surface area (Å²) in [5, 5.41) is 15.6. The summed E-state index contributed by atoms with van der Waals surface area (Å²) in [6.07, 6.45) is 3.14. The maximum absolute atomic E-state index is 12.0. The maximum Gasteiger partial charge on any atom is 0.303 e. The number of hydrogen-bond donors (Lipinski definition) is 2. The summed E-state index contributed by atoms with van der Waals surface area (Å²) in [7, 11) is 1.72. The predicted octanol–water partition coefficient (Wildman–Crippen LogP) is 2.07. The molecule has 1 aromatic rings. The lowest BCUT2D eigenvalue weighted by Gasteiger charge is -2.30. The standard InChI is InChI=1S/C15H25N3O3/c1-15(2,3)11(5-6-13(19)20)7-9-16-14(21)12-8-10-17-18(12)4/h8,10-11H,5-7,9H2,1-4H3,(H,16,21)(H,19,20). The lowest BCUT2D eigenvalue weighted by Crippen LogP contribution is -2.30. The number of nitrogens with zero attached hydrogens (tertiary/aromatic N) is 2. The monoisotopic (exact) mass is 295 g/mol. The van der Waals surface area contributed by atoms with Crippen LogP contribution in [0.4, 0.5) is 0 Å². The largest absolute Gasteiger partial charge is 0.481 e. The second-order valence-electron chi connectivity index (χ2n) is 6.38. The molecule has 1 rings (SSSR count).